The molecule has 1 N–H and O–H groups in total. The quantitative estimate of drug-likeness (QED) is 0.309. The lowest BCUT2D eigenvalue weighted by Gasteiger charge is -2.39. The fourth-order valence-corrected chi connectivity index (χ4v) is 6.07. The van der Waals surface area contributed by atoms with Crippen LogP contribution in [0.5, 0.6) is 0 Å². The zero-order chi connectivity index (χ0) is 27.3. The van der Waals surface area contributed by atoms with Crippen molar-refractivity contribution in [3.8, 4) is 0 Å². The van der Waals surface area contributed by atoms with E-state index >= 15 is 0 Å². The first-order valence-electron chi connectivity index (χ1n) is 13.7. The molecule has 2 unspecified atom stereocenters. The maximum absolute atomic E-state index is 13.2. The van der Waals surface area contributed by atoms with Gasteiger partial charge in [0.2, 0.25) is 5.91 Å². The molecule has 1 saturated carbocycles. The lowest BCUT2D eigenvalue weighted by atomic mass is 9.70. The van der Waals surface area contributed by atoms with Crippen molar-refractivity contribution in [3.63, 3.8) is 0 Å². The highest BCUT2D eigenvalue weighted by atomic mass is 35.5. The molecule has 4 rings (SSSR count). The van der Waals surface area contributed by atoms with Crippen LogP contribution in [0.1, 0.15) is 76.0 Å². The second-order valence-corrected chi connectivity index (χ2v) is 12.4. The van der Waals surface area contributed by atoms with Gasteiger partial charge in [0.25, 0.3) is 0 Å². The van der Waals surface area contributed by atoms with Crippen LogP contribution in [0.25, 0.3) is 0 Å². The van der Waals surface area contributed by atoms with Gasteiger partial charge in [-0.25, -0.2) is 0 Å². The Morgan fingerprint density at radius 2 is 1.95 bits per heavy atom. The molecule has 6 heteroatoms. The molecule has 0 aromatic heterocycles. The van der Waals surface area contributed by atoms with Gasteiger partial charge in [-0.1, -0.05) is 74.8 Å². The molecule has 1 fully saturated rings. The van der Waals surface area contributed by atoms with Crippen LogP contribution in [0.4, 0.5) is 0 Å². The Hall–Kier alpha value is -2.63. The summed E-state index contributed by atoms with van der Waals surface area (Å²) >= 11 is 6.81. The van der Waals surface area contributed by atoms with Crippen LogP contribution in [-0.4, -0.2) is 35.0 Å². The number of carbonyl (C=O) groups is 2. The van der Waals surface area contributed by atoms with Gasteiger partial charge < -0.3 is 14.7 Å². The molecule has 2 aromatic carbocycles. The summed E-state index contributed by atoms with van der Waals surface area (Å²) < 4.78 is 6.01. The first-order valence-corrected chi connectivity index (χ1v) is 14.1. The average Bonchev–Trinajstić information content (AvgIpc) is 3.22. The second kappa shape index (κ2) is 12.0. The van der Waals surface area contributed by atoms with Gasteiger partial charge >= 0.3 is 5.97 Å². The third-order valence-electron chi connectivity index (χ3n) is 8.02. The molecule has 2 aliphatic rings. The van der Waals surface area contributed by atoms with Crippen LogP contribution in [0.2, 0.25) is 5.02 Å². The van der Waals surface area contributed by atoms with Crippen LogP contribution in [0.3, 0.4) is 0 Å². The Balaban J connectivity index is 1.55. The molecule has 0 bridgehead atoms. The number of ether oxygens (including phenoxy) is 1. The number of amides is 1. The minimum atomic E-state index is -0.900. The highest BCUT2D eigenvalue weighted by molar-refractivity contribution is 6.31. The standard InChI is InChI=1S/C32H40ClNO4/c1-31(2,3)15-11-25-9-10-26(19-28(25)33)32-16-12-24(14-18-38-22-23-7-5-4-6-8-23)27(32)21-34(29(35)20-32)17-13-30(36)37/h4-10,19,21,24H,11-18,20,22H2,1-3H3,(H,36,37). The fraction of sp³-hybridized carbons (Fsp3) is 0.500. The molecule has 1 aliphatic heterocycles. The molecule has 5 nitrogen and oxygen atoms in total. The molecule has 38 heavy (non-hydrogen) atoms. The lowest BCUT2D eigenvalue weighted by Crippen LogP contribution is -2.42. The Kier molecular flexibility index (Phi) is 9.00. The monoisotopic (exact) mass is 537 g/mol. The van der Waals surface area contributed by atoms with E-state index < -0.39 is 11.4 Å². The topological polar surface area (TPSA) is 66.8 Å². The average molecular weight is 538 g/mol. The lowest BCUT2D eigenvalue weighted by molar-refractivity contribution is -0.138. The molecular formula is C32H40ClNO4. The summed E-state index contributed by atoms with van der Waals surface area (Å²) in [5, 5.41) is 9.96. The van der Waals surface area contributed by atoms with Crippen molar-refractivity contribution in [3.05, 3.63) is 82.0 Å². The van der Waals surface area contributed by atoms with Crippen molar-refractivity contribution in [2.45, 2.75) is 77.7 Å². The number of halogens is 1. The Labute approximate surface area is 231 Å². The van der Waals surface area contributed by atoms with Crippen molar-refractivity contribution < 1.29 is 19.4 Å². The van der Waals surface area contributed by atoms with Crippen molar-refractivity contribution in [1.82, 2.24) is 4.90 Å². The van der Waals surface area contributed by atoms with Crippen LogP contribution in [0, 0.1) is 11.3 Å². The van der Waals surface area contributed by atoms with E-state index in [1.165, 1.54) is 5.57 Å². The zero-order valence-corrected chi connectivity index (χ0v) is 23.6. The van der Waals surface area contributed by atoms with Gasteiger partial charge in [0.15, 0.2) is 0 Å². The first-order chi connectivity index (χ1) is 18.1. The number of carboxylic acid groups (broad SMARTS) is 1. The third-order valence-corrected chi connectivity index (χ3v) is 8.37. The number of aryl methyl sites for hydroxylation is 1. The van der Waals surface area contributed by atoms with E-state index in [-0.39, 0.29) is 30.2 Å². The SMILES string of the molecule is CC(C)(C)CCc1ccc(C23CCC(CCOCc4ccccc4)C2=CN(CCC(=O)O)C(=O)C3)cc1Cl. The number of carbonyl (C=O) groups excluding carboxylic acids is 1. The fourth-order valence-electron chi connectivity index (χ4n) is 5.80. The smallest absolute Gasteiger partial charge is 0.305 e. The molecule has 204 valence electrons. The summed E-state index contributed by atoms with van der Waals surface area (Å²) in [6, 6.07) is 16.5. The van der Waals surface area contributed by atoms with E-state index in [9.17, 15) is 14.7 Å². The zero-order valence-electron chi connectivity index (χ0n) is 22.8. The number of carboxylic acids is 1. The Bertz CT molecular complexity index is 1170. The number of rotatable bonds is 11. The van der Waals surface area contributed by atoms with Gasteiger partial charge in [-0.05, 0) is 71.8 Å². The van der Waals surface area contributed by atoms with Gasteiger partial charge in [0, 0.05) is 36.2 Å². The molecule has 1 aliphatic carbocycles. The predicted molar refractivity (Wildman–Crippen MR) is 151 cm³/mol. The minimum Gasteiger partial charge on any atom is -0.481 e. The normalized spacial score (nSPS) is 21.4. The highest BCUT2D eigenvalue weighted by Crippen LogP contribution is 2.54. The highest BCUT2D eigenvalue weighted by Gasteiger charge is 2.49. The molecular weight excluding hydrogens is 498 g/mol. The van der Waals surface area contributed by atoms with Gasteiger partial charge in [-0.2, -0.15) is 0 Å². The number of benzene rings is 2. The van der Waals surface area contributed by atoms with Gasteiger partial charge in [-0.3, -0.25) is 9.59 Å². The third kappa shape index (κ3) is 6.86. The van der Waals surface area contributed by atoms with Crippen LogP contribution >= 0.6 is 11.6 Å². The van der Waals surface area contributed by atoms with Gasteiger partial charge in [0.1, 0.15) is 0 Å². The van der Waals surface area contributed by atoms with Gasteiger partial charge in [0.05, 0.1) is 13.0 Å². The van der Waals surface area contributed by atoms with E-state index in [0.717, 1.165) is 53.8 Å². The molecule has 0 radical (unpaired) electrons. The summed E-state index contributed by atoms with van der Waals surface area (Å²) in [7, 11) is 0. The predicted octanol–water partition coefficient (Wildman–Crippen LogP) is 7.16. The number of aliphatic carboxylic acids is 1. The summed E-state index contributed by atoms with van der Waals surface area (Å²) in [5.74, 6) is -0.655. The molecule has 0 spiro atoms. The molecule has 1 amide bonds. The maximum atomic E-state index is 13.2. The number of hydrogen-bond donors (Lipinski definition) is 1. The van der Waals surface area contributed by atoms with Crippen molar-refractivity contribution in [1.29, 1.82) is 0 Å². The number of hydrogen-bond acceptors (Lipinski definition) is 3. The van der Waals surface area contributed by atoms with Crippen LogP contribution < -0.4 is 0 Å². The summed E-state index contributed by atoms with van der Waals surface area (Å²) in [6.07, 6.45) is 6.89. The van der Waals surface area contributed by atoms with E-state index in [2.05, 4.69) is 51.1 Å². The summed E-state index contributed by atoms with van der Waals surface area (Å²) in [4.78, 5) is 26.1. The Morgan fingerprint density at radius 3 is 2.63 bits per heavy atom. The minimum absolute atomic E-state index is 0.0242. The van der Waals surface area contributed by atoms with Crippen molar-refractivity contribution in [2.24, 2.45) is 11.3 Å². The van der Waals surface area contributed by atoms with Crippen molar-refractivity contribution in [2.75, 3.05) is 13.2 Å². The molecule has 0 saturated heterocycles. The van der Waals surface area contributed by atoms with E-state index in [4.69, 9.17) is 16.3 Å². The summed E-state index contributed by atoms with van der Waals surface area (Å²) in [5.41, 5.74) is 4.43. The van der Waals surface area contributed by atoms with Crippen LogP contribution in [-0.2, 0) is 32.8 Å². The number of fused-ring (bicyclic) bond motifs is 1. The number of allylic oxidation sites excluding steroid dienone is 1. The molecule has 1 heterocycles. The van der Waals surface area contributed by atoms with Gasteiger partial charge in [-0.15, -0.1) is 0 Å². The largest absolute Gasteiger partial charge is 0.481 e. The second-order valence-electron chi connectivity index (χ2n) is 12.0. The van der Waals surface area contributed by atoms with E-state index in [0.29, 0.717) is 19.6 Å². The molecule has 2 atom stereocenters. The number of nitrogens with zero attached hydrogens (tertiary/aromatic N) is 1. The Morgan fingerprint density at radius 1 is 1.18 bits per heavy atom. The first kappa shape index (κ1) is 28.4. The van der Waals surface area contributed by atoms with Crippen molar-refractivity contribution >= 4 is 23.5 Å². The van der Waals surface area contributed by atoms with Crippen LogP contribution in [0.15, 0.2) is 60.3 Å². The van der Waals surface area contributed by atoms with E-state index in [1.54, 1.807) is 4.90 Å². The van der Waals surface area contributed by atoms with E-state index in [1.807, 2.05) is 24.4 Å². The summed E-state index contributed by atoms with van der Waals surface area (Å²) in [6.45, 7) is 8.10. The molecule has 2 aromatic rings. The maximum Gasteiger partial charge on any atom is 0.305 e.